The van der Waals surface area contributed by atoms with Gasteiger partial charge in [0.15, 0.2) is 0 Å². The summed E-state index contributed by atoms with van der Waals surface area (Å²) >= 11 is 0. The predicted octanol–water partition coefficient (Wildman–Crippen LogP) is 1.93. The number of carbonyl (C=O) groups is 1. The van der Waals surface area contributed by atoms with E-state index in [0.717, 1.165) is 12.1 Å². The average Bonchev–Trinajstić information content (AvgIpc) is 2.17. The smallest absolute Gasteiger partial charge is 0.481 e. The van der Waals surface area contributed by atoms with E-state index in [1.807, 2.05) is 0 Å². The van der Waals surface area contributed by atoms with Crippen LogP contribution in [0, 0.1) is 0 Å². The molecule has 0 fully saturated rings. The summed E-state index contributed by atoms with van der Waals surface area (Å²) in [6, 6.07) is 4.59. The van der Waals surface area contributed by atoms with Crippen molar-refractivity contribution in [2.45, 2.75) is 25.2 Å². The van der Waals surface area contributed by atoms with Gasteiger partial charge in [0.05, 0.1) is 6.42 Å². The van der Waals surface area contributed by atoms with Crippen LogP contribution >= 0.6 is 0 Å². The van der Waals surface area contributed by atoms with Crippen molar-refractivity contribution in [3.8, 4) is 5.75 Å². The second-order valence-electron chi connectivity index (χ2n) is 3.75. The molecular weight excluding hydrogens is 251 g/mol. The molecule has 100 valence electrons. The van der Waals surface area contributed by atoms with Crippen molar-refractivity contribution >= 4 is 5.97 Å². The van der Waals surface area contributed by atoms with E-state index in [1.165, 1.54) is 12.1 Å². The minimum absolute atomic E-state index is 0.194. The molecule has 7 heteroatoms. The van der Waals surface area contributed by atoms with Crippen LogP contribution in [0.2, 0.25) is 0 Å². The molecule has 0 aromatic heterocycles. The number of aliphatic carboxylic acids is 1. The van der Waals surface area contributed by atoms with Gasteiger partial charge in [-0.25, -0.2) is 0 Å². The Bertz CT molecular complexity index is 403. The minimum Gasteiger partial charge on any atom is -0.481 e. The molecule has 3 N–H and O–H groups in total. The molecule has 0 spiro atoms. The van der Waals surface area contributed by atoms with Gasteiger partial charge < -0.3 is 15.6 Å². The van der Waals surface area contributed by atoms with Gasteiger partial charge in [-0.05, 0) is 24.1 Å². The van der Waals surface area contributed by atoms with Gasteiger partial charge in [-0.15, -0.1) is 13.2 Å². The van der Waals surface area contributed by atoms with Crippen molar-refractivity contribution in [1.29, 1.82) is 0 Å². The molecule has 1 aromatic rings. The van der Waals surface area contributed by atoms with E-state index in [4.69, 9.17) is 10.8 Å². The van der Waals surface area contributed by atoms with E-state index in [-0.39, 0.29) is 18.6 Å². The highest BCUT2D eigenvalue weighted by Gasteiger charge is 2.30. The lowest BCUT2D eigenvalue weighted by molar-refractivity contribution is -0.274. The van der Waals surface area contributed by atoms with Gasteiger partial charge in [0, 0.05) is 6.04 Å². The quantitative estimate of drug-likeness (QED) is 0.851. The zero-order chi connectivity index (χ0) is 13.8. The molecule has 0 aliphatic carbocycles. The Morgan fingerprint density at radius 1 is 1.33 bits per heavy atom. The number of carboxylic acids is 1. The van der Waals surface area contributed by atoms with Gasteiger partial charge in [-0.1, -0.05) is 12.1 Å². The van der Waals surface area contributed by atoms with Crippen LogP contribution in [0.15, 0.2) is 24.3 Å². The molecule has 0 radical (unpaired) electrons. The maximum absolute atomic E-state index is 11.9. The summed E-state index contributed by atoms with van der Waals surface area (Å²) < 4.78 is 39.4. The molecule has 1 unspecified atom stereocenters. The SMILES string of the molecule is NC(CC(=O)O)Cc1ccc(OC(F)(F)F)cc1. The topological polar surface area (TPSA) is 72.6 Å². The maximum atomic E-state index is 11.9. The first-order chi connectivity index (χ1) is 8.26. The van der Waals surface area contributed by atoms with E-state index in [2.05, 4.69) is 4.74 Å². The number of carboxylic acid groups (broad SMARTS) is 1. The molecule has 0 saturated carbocycles. The summed E-state index contributed by atoms with van der Waals surface area (Å²) in [4.78, 5) is 10.4. The van der Waals surface area contributed by atoms with Crippen LogP contribution in [-0.4, -0.2) is 23.5 Å². The van der Waals surface area contributed by atoms with Crippen molar-refractivity contribution in [2.24, 2.45) is 5.73 Å². The van der Waals surface area contributed by atoms with E-state index < -0.39 is 18.4 Å². The van der Waals surface area contributed by atoms with E-state index >= 15 is 0 Å². The molecule has 1 aromatic carbocycles. The third kappa shape index (κ3) is 5.53. The largest absolute Gasteiger partial charge is 0.573 e. The Morgan fingerprint density at radius 3 is 2.33 bits per heavy atom. The summed E-state index contributed by atoms with van der Waals surface area (Å²) in [5, 5.41) is 8.51. The van der Waals surface area contributed by atoms with Gasteiger partial charge in [0.1, 0.15) is 5.75 Å². The summed E-state index contributed by atoms with van der Waals surface area (Å²) in [6.07, 6.45) is -4.64. The molecule has 1 atom stereocenters. The van der Waals surface area contributed by atoms with Gasteiger partial charge in [-0.2, -0.15) is 0 Å². The highest BCUT2D eigenvalue weighted by atomic mass is 19.4. The molecule has 4 nitrogen and oxygen atoms in total. The lowest BCUT2D eigenvalue weighted by atomic mass is 10.0. The number of nitrogens with two attached hydrogens (primary N) is 1. The van der Waals surface area contributed by atoms with E-state index in [1.54, 1.807) is 0 Å². The van der Waals surface area contributed by atoms with Crippen LogP contribution in [-0.2, 0) is 11.2 Å². The zero-order valence-corrected chi connectivity index (χ0v) is 9.28. The number of ether oxygens (including phenoxy) is 1. The number of rotatable bonds is 5. The fraction of sp³-hybridized carbons (Fsp3) is 0.364. The third-order valence-electron chi connectivity index (χ3n) is 2.09. The first-order valence-corrected chi connectivity index (χ1v) is 5.08. The predicted molar refractivity (Wildman–Crippen MR) is 57.1 cm³/mol. The standard InChI is InChI=1S/C11H12F3NO3/c12-11(13,14)18-9-3-1-7(2-4-9)5-8(15)6-10(16)17/h1-4,8H,5-6,15H2,(H,16,17). The van der Waals surface area contributed by atoms with Crippen molar-refractivity contribution in [1.82, 2.24) is 0 Å². The monoisotopic (exact) mass is 263 g/mol. The first-order valence-electron chi connectivity index (χ1n) is 5.08. The summed E-state index contributed by atoms with van der Waals surface area (Å²) in [5.74, 6) is -1.34. The Kier molecular flexibility index (Phi) is 4.55. The van der Waals surface area contributed by atoms with Crippen molar-refractivity contribution < 1.29 is 27.8 Å². The zero-order valence-electron chi connectivity index (χ0n) is 9.28. The molecule has 0 amide bonds. The number of alkyl halides is 3. The number of benzene rings is 1. The van der Waals surface area contributed by atoms with Crippen LogP contribution in [0.3, 0.4) is 0 Å². The Balaban J connectivity index is 2.57. The summed E-state index contributed by atoms with van der Waals surface area (Å²) in [6.45, 7) is 0. The molecule has 1 rings (SSSR count). The molecule has 0 saturated heterocycles. The van der Waals surface area contributed by atoms with Crippen molar-refractivity contribution in [3.05, 3.63) is 29.8 Å². The number of hydrogen-bond acceptors (Lipinski definition) is 3. The Hall–Kier alpha value is -1.76. The van der Waals surface area contributed by atoms with Crippen LogP contribution < -0.4 is 10.5 Å². The molecule has 0 bridgehead atoms. The third-order valence-corrected chi connectivity index (χ3v) is 2.09. The van der Waals surface area contributed by atoms with Crippen molar-refractivity contribution in [3.63, 3.8) is 0 Å². The Morgan fingerprint density at radius 2 is 1.89 bits per heavy atom. The van der Waals surface area contributed by atoms with Gasteiger partial charge >= 0.3 is 12.3 Å². The highest BCUT2D eigenvalue weighted by molar-refractivity contribution is 5.67. The number of halogens is 3. The summed E-state index contributed by atoms with van der Waals surface area (Å²) in [7, 11) is 0. The Labute approximate surface area is 101 Å². The fourth-order valence-corrected chi connectivity index (χ4v) is 1.43. The summed E-state index contributed by atoms with van der Waals surface area (Å²) in [5.41, 5.74) is 6.21. The van der Waals surface area contributed by atoms with E-state index in [0.29, 0.717) is 5.56 Å². The second-order valence-corrected chi connectivity index (χ2v) is 3.75. The lowest BCUT2D eigenvalue weighted by Gasteiger charge is -2.11. The van der Waals surface area contributed by atoms with Crippen molar-refractivity contribution in [2.75, 3.05) is 0 Å². The molecule has 0 aliphatic rings. The maximum Gasteiger partial charge on any atom is 0.573 e. The minimum atomic E-state index is -4.72. The normalized spacial score (nSPS) is 13.1. The van der Waals surface area contributed by atoms with Gasteiger partial charge in [-0.3, -0.25) is 4.79 Å². The molecule has 0 heterocycles. The number of hydrogen-bond donors (Lipinski definition) is 2. The average molecular weight is 263 g/mol. The van der Waals surface area contributed by atoms with Crippen LogP contribution in [0.1, 0.15) is 12.0 Å². The van der Waals surface area contributed by atoms with Crippen LogP contribution in [0.25, 0.3) is 0 Å². The lowest BCUT2D eigenvalue weighted by Crippen LogP contribution is -2.26. The van der Waals surface area contributed by atoms with Gasteiger partial charge in [0.25, 0.3) is 0 Å². The second kappa shape index (κ2) is 5.72. The molecule has 0 aliphatic heterocycles. The van der Waals surface area contributed by atoms with E-state index in [9.17, 15) is 18.0 Å². The molecular formula is C11H12F3NO3. The first kappa shape index (κ1) is 14.3. The highest BCUT2D eigenvalue weighted by Crippen LogP contribution is 2.23. The van der Waals surface area contributed by atoms with Gasteiger partial charge in [0.2, 0.25) is 0 Å². The fourth-order valence-electron chi connectivity index (χ4n) is 1.43. The van der Waals surface area contributed by atoms with Crippen LogP contribution in [0.5, 0.6) is 5.75 Å². The molecule has 18 heavy (non-hydrogen) atoms. The van der Waals surface area contributed by atoms with Crippen LogP contribution in [0.4, 0.5) is 13.2 Å².